The molecule has 1 rings (SSSR count). The van der Waals surface area contributed by atoms with Gasteiger partial charge in [0.1, 0.15) is 0 Å². The molecule has 0 saturated heterocycles. The zero-order valence-corrected chi connectivity index (χ0v) is 12.0. The van der Waals surface area contributed by atoms with Gasteiger partial charge in [-0.15, -0.1) is 0 Å². The van der Waals surface area contributed by atoms with Gasteiger partial charge in [-0.1, -0.05) is 32.5 Å². The zero-order valence-electron chi connectivity index (χ0n) is 11.2. The molecule has 0 atom stereocenters. The maximum atomic E-state index is 12.5. The second kappa shape index (κ2) is 5.80. The van der Waals surface area contributed by atoms with Gasteiger partial charge in [-0.25, -0.2) is 0 Å². The first-order chi connectivity index (χ1) is 7.97. The van der Waals surface area contributed by atoms with Gasteiger partial charge in [0, 0.05) is 13.1 Å². The summed E-state index contributed by atoms with van der Waals surface area (Å²) in [5, 5.41) is 0. The SMILES string of the molecule is CCCCN(CC)C(=O)C1(C(N)=S)CC(C)C1. The first kappa shape index (κ1) is 14.4. The van der Waals surface area contributed by atoms with Crippen LogP contribution in [0.2, 0.25) is 0 Å². The van der Waals surface area contributed by atoms with Gasteiger partial charge < -0.3 is 10.6 Å². The van der Waals surface area contributed by atoms with Crippen molar-refractivity contribution in [3.05, 3.63) is 0 Å². The molecule has 3 nitrogen and oxygen atoms in total. The highest BCUT2D eigenvalue weighted by molar-refractivity contribution is 7.80. The van der Waals surface area contributed by atoms with E-state index in [0.29, 0.717) is 10.9 Å². The van der Waals surface area contributed by atoms with Crippen LogP contribution in [-0.2, 0) is 4.79 Å². The summed E-state index contributed by atoms with van der Waals surface area (Å²) in [5.41, 5.74) is 5.27. The van der Waals surface area contributed by atoms with Crippen LogP contribution in [0.25, 0.3) is 0 Å². The molecule has 0 spiro atoms. The average molecular weight is 256 g/mol. The van der Waals surface area contributed by atoms with Gasteiger partial charge in [0.2, 0.25) is 5.91 Å². The molecule has 0 aromatic rings. The fraction of sp³-hybridized carbons (Fsp3) is 0.846. The topological polar surface area (TPSA) is 46.3 Å². The summed E-state index contributed by atoms with van der Waals surface area (Å²) in [4.78, 5) is 14.8. The molecule has 4 heteroatoms. The quantitative estimate of drug-likeness (QED) is 0.742. The number of carbonyl (C=O) groups is 1. The van der Waals surface area contributed by atoms with Crippen molar-refractivity contribution in [2.75, 3.05) is 13.1 Å². The van der Waals surface area contributed by atoms with Crippen molar-refractivity contribution >= 4 is 23.1 Å². The number of amides is 1. The van der Waals surface area contributed by atoms with Crippen LogP contribution < -0.4 is 5.73 Å². The maximum Gasteiger partial charge on any atom is 0.235 e. The van der Waals surface area contributed by atoms with E-state index in [-0.39, 0.29) is 5.91 Å². The van der Waals surface area contributed by atoms with E-state index in [4.69, 9.17) is 18.0 Å². The average Bonchev–Trinajstić information content (AvgIpc) is 2.24. The molecule has 1 saturated carbocycles. The van der Waals surface area contributed by atoms with Gasteiger partial charge in [-0.05, 0) is 32.1 Å². The minimum absolute atomic E-state index is 0.152. The summed E-state index contributed by atoms with van der Waals surface area (Å²) >= 11 is 5.12. The van der Waals surface area contributed by atoms with E-state index in [1.165, 1.54) is 0 Å². The van der Waals surface area contributed by atoms with Crippen molar-refractivity contribution in [1.82, 2.24) is 4.90 Å². The molecule has 17 heavy (non-hydrogen) atoms. The van der Waals surface area contributed by atoms with Crippen LogP contribution >= 0.6 is 12.2 Å². The second-order valence-electron chi connectivity index (χ2n) is 5.20. The van der Waals surface area contributed by atoms with E-state index in [1.54, 1.807) is 0 Å². The Morgan fingerprint density at radius 3 is 2.41 bits per heavy atom. The van der Waals surface area contributed by atoms with E-state index in [9.17, 15) is 4.79 Å². The number of nitrogens with two attached hydrogens (primary N) is 1. The van der Waals surface area contributed by atoms with Crippen LogP contribution in [0.5, 0.6) is 0 Å². The number of thiocarbonyl (C=S) groups is 1. The van der Waals surface area contributed by atoms with Gasteiger partial charge in [0.05, 0.1) is 10.4 Å². The van der Waals surface area contributed by atoms with Crippen molar-refractivity contribution in [3.63, 3.8) is 0 Å². The third kappa shape index (κ3) is 2.79. The fourth-order valence-electron chi connectivity index (χ4n) is 2.67. The molecular weight excluding hydrogens is 232 g/mol. The Hall–Kier alpha value is -0.640. The lowest BCUT2D eigenvalue weighted by atomic mass is 9.61. The van der Waals surface area contributed by atoms with E-state index < -0.39 is 5.41 Å². The van der Waals surface area contributed by atoms with Crippen LogP contribution in [0.15, 0.2) is 0 Å². The monoisotopic (exact) mass is 256 g/mol. The highest BCUT2D eigenvalue weighted by Crippen LogP contribution is 2.47. The lowest BCUT2D eigenvalue weighted by Gasteiger charge is -2.46. The van der Waals surface area contributed by atoms with Crippen molar-refractivity contribution in [2.45, 2.75) is 46.5 Å². The minimum atomic E-state index is -0.529. The first-order valence-corrected chi connectivity index (χ1v) is 6.98. The number of nitrogens with zero attached hydrogens (tertiary/aromatic N) is 1. The lowest BCUT2D eigenvalue weighted by molar-refractivity contribution is -0.144. The number of hydrogen-bond donors (Lipinski definition) is 1. The normalized spacial score (nSPS) is 27.4. The van der Waals surface area contributed by atoms with Crippen LogP contribution in [0.4, 0.5) is 0 Å². The molecule has 0 unspecified atom stereocenters. The molecule has 98 valence electrons. The predicted molar refractivity (Wildman–Crippen MR) is 74.8 cm³/mol. The van der Waals surface area contributed by atoms with Gasteiger partial charge in [0.15, 0.2) is 0 Å². The van der Waals surface area contributed by atoms with Crippen molar-refractivity contribution in [3.8, 4) is 0 Å². The Kier molecular flexibility index (Phi) is 4.92. The first-order valence-electron chi connectivity index (χ1n) is 6.57. The predicted octanol–water partition coefficient (Wildman–Crippen LogP) is 2.34. The smallest absolute Gasteiger partial charge is 0.235 e. The lowest BCUT2D eigenvalue weighted by Crippen LogP contribution is -2.57. The third-order valence-electron chi connectivity index (χ3n) is 3.73. The molecular formula is C13H24N2OS. The third-order valence-corrected chi connectivity index (χ3v) is 4.12. The van der Waals surface area contributed by atoms with Crippen molar-refractivity contribution < 1.29 is 4.79 Å². The molecule has 1 aliphatic carbocycles. The molecule has 1 aliphatic rings. The Morgan fingerprint density at radius 1 is 1.47 bits per heavy atom. The molecule has 0 radical (unpaired) electrons. The van der Waals surface area contributed by atoms with Gasteiger partial charge in [-0.2, -0.15) is 0 Å². The van der Waals surface area contributed by atoms with Gasteiger partial charge >= 0.3 is 0 Å². The number of rotatable bonds is 6. The Balaban J connectivity index is 2.74. The summed E-state index contributed by atoms with van der Waals surface area (Å²) < 4.78 is 0. The summed E-state index contributed by atoms with van der Waals surface area (Å²) in [5.74, 6) is 0.712. The van der Waals surface area contributed by atoms with Crippen molar-refractivity contribution in [1.29, 1.82) is 0 Å². The Morgan fingerprint density at radius 2 is 2.06 bits per heavy atom. The zero-order chi connectivity index (χ0) is 13.1. The van der Waals surface area contributed by atoms with Crippen LogP contribution in [0.3, 0.4) is 0 Å². The van der Waals surface area contributed by atoms with Gasteiger partial charge in [0.25, 0.3) is 0 Å². The Bertz CT molecular complexity index is 298. The minimum Gasteiger partial charge on any atom is -0.392 e. The summed E-state index contributed by atoms with van der Waals surface area (Å²) in [6.45, 7) is 7.87. The summed E-state index contributed by atoms with van der Waals surface area (Å²) in [6, 6.07) is 0. The number of carbonyl (C=O) groups excluding carboxylic acids is 1. The summed E-state index contributed by atoms with van der Waals surface area (Å²) in [7, 11) is 0. The van der Waals surface area contributed by atoms with Crippen LogP contribution in [0.1, 0.15) is 46.5 Å². The second-order valence-corrected chi connectivity index (χ2v) is 5.64. The molecule has 1 fully saturated rings. The van der Waals surface area contributed by atoms with E-state index in [1.807, 2.05) is 11.8 Å². The molecule has 1 amide bonds. The largest absolute Gasteiger partial charge is 0.392 e. The highest BCUT2D eigenvalue weighted by atomic mass is 32.1. The van der Waals surface area contributed by atoms with E-state index in [2.05, 4.69) is 13.8 Å². The number of unbranched alkanes of at least 4 members (excludes halogenated alkanes) is 1. The maximum absolute atomic E-state index is 12.5. The molecule has 0 aromatic heterocycles. The number of hydrogen-bond acceptors (Lipinski definition) is 2. The van der Waals surface area contributed by atoms with Crippen LogP contribution in [-0.4, -0.2) is 28.9 Å². The molecule has 2 N–H and O–H groups in total. The molecule has 0 aromatic carbocycles. The van der Waals surface area contributed by atoms with Crippen molar-refractivity contribution in [2.24, 2.45) is 17.1 Å². The molecule has 0 bridgehead atoms. The highest BCUT2D eigenvalue weighted by Gasteiger charge is 2.52. The Labute approximate surface area is 110 Å². The van der Waals surface area contributed by atoms with E-state index >= 15 is 0 Å². The standard InChI is InChI=1S/C13H24N2OS/c1-4-6-7-15(5-2)12(16)13(11(14)17)8-10(3)9-13/h10H,4-9H2,1-3H3,(H2,14,17). The molecule has 0 heterocycles. The molecule has 0 aliphatic heterocycles. The fourth-order valence-corrected chi connectivity index (χ4v) is 2.92. The summed E-state index contributed by atoms with van der Waals surface area (Å²) in [6.07, 6.45) is 3.79. The van der Waals surface area contributed by atoms with E-state index in [0.717, 1.165) is 38.8 Å². The van der Waals surface area contributed by atoms with Gasteiger partial charge in [-0.3, -0.25) is 4.79 Å². The van der Waals surface area contributed by atoms with Crippen LogP contribution in [0, 0.1) is 11.3 Å².